The Morgan fingerprint density at radius 3 is 2.29 bits per heavy atom. The van der Waals surface area contributed by atoms with Gasteiger partial charge in [0.15, 0.2) is 0 Å². The molecule has 0 radical (unpaired) electrons. The van der Waals surface area contributed by atoms with Crippen LogP contribution in [0.5, 0.6) is 0 Å². The molecule has 0 saturated heterocycles. The van der Waals surface area contributed by atoms with Crippen LogP contribution in [0.1, 0.15) is 6.92 Å². The molecular weight excluding hydrogens is 112 g/mol. The summed E-state index contributed by atoms with van der Waals surface area (Å²) >= 11 is 5.31. The summed E-state index contributed by atoms with van der Waals surface area (Å²) in [7, 11) is 0. The topological polar surface area (TPSA) is 49.9 Å². The Balaban J connectivity index is 3.98. The van der Waals surface area contributed by atoms with Crippen LogP contribution < -0.4 is 5.73 Å². The highest BCUT2D eigenvalue weighted by molar-refractivity contribution is 6.39. The molecule has 3 heteroatoms. The van der Waals surface area contributed by atoms with Gasteiger partial charge in [0.1, 0.15) is 0 Å². The zero-order chi connectivity index (χ0) is 5.86. The summed E-state index contributed by atoms with van der Waals surface area (Å²) in [5.74, 6) is 0. The predicted molar refractivity (Wildman–Crippen MR) is 31.5 cm³/mol. The highest BCUT2D eigenvalue weighted by atomic mass is 35.5. The van der Waals surface area contributed by atoms with Gasteiger partial charge in [0.05, 0.1) is 5.03 Å². The van der Waals surface area contributed by atoms with Crippen LogP contribution in [0.4, 0.5) is 0 Å². The zero-order valence-corrected chi connectivity index (χ0v) is 4.79. The molecule has 0 amide bonds. The molecule has 0 aromatic rings. The maximum atomic E-state index is 6.54. The Morgan fingerprint density at radius 2 is 2.29 bits per heavy atom. The van der Waals surface area contributed by atoms with Crippen molar-refractivity contribution < 1.29 is 0 Å². The van der Waals surface area contributed by atoms with Crippen molar-refractivity contribution in [2.24, 2.45) is 5.73 Å². The monoisotopic (exact) mass is 118 g/mol. The predicted octanol–water partition coefficient (Wildman–Crippen LogP) is 1.06. The minimum absolute atomic E-state index is 0.306. The molecule has 0 saturated carbocycles. The second-order valence-electron chi connectivity index (χ2n) is 1.18. The fraction of sp³-hybridized carbons (Fsp3) is 0.250. The molecule has 0 aromatic carbocycles. The molecule has 0 aliphatic heterocycles. The number of nitrogens with two attached hydrogens (primary N) is 1. The Morgan fingerprint density at radius 1 is 1.86 bits per heavy atom. The molecule has 0 heterocycles. The van der Waals surface area contributed by atoms with E-state index in [0.29, 0.717) is 10.7 Å². The van der Waals surface area contributed by atoms with Crippen LogP contribution in [0.25, 0.3) is 0 Å². The van der Waals surface area contributed by atoms with Gasteiger partial charge in [-0.05, 0) is 6.92 Å². The lowest BCUT2D eigenvalue weighted by atomic mass is 10.5. The molecule has 7 heavy (non-hydrogen) atoms. The summed E-state index contributed by atoms with van der Waals surface area (Å²) < 4.78 is 0. The van der Waals surface area contributed by atoms with Crippen LogP contribution in [0.15, 0.2) is 10.7 Å². The lowest BCUT2D eigenvalue weighted by Gasteiger charge is -1.86. The summed E-state index contributed by atoms with van der Waals surface area (Å²) in [6, 6.07) is 0. The van der Waals surface area contributed by atoms with E-state index in [0.717, 1.165) is 6.21 Å². The van der Waals surface area contributed by atoms with Gasteiger partial charge in [-0.1, -0.05) is 11.6 Å². The van der Waals surface area contributed by atoms with E-state index < -0.39 is 0 Å². The van der Waals surface area contributed by atoms with Crippen LogP contribution in [0.3, 0.4) is 0 Å². The van der Waals surface area contributed by atoms with Crippen molar-refractivity contribution in [3.63, 3.8) is 0 Å². The third-order valence-corrected chi connectivity index (χ3v) is 0.911. The number of allylic oxidation sites excluding steroid dienone is 2. The van der Waals surface area contributed by atoms with Gasteiger partial charge in [-0.25, -0.2) is 0 Å². The molecule has 0 aliphatic carbocycles. The second kappa shape index (κ2) is 2.64. The molecule has 3 N–H and O–H groups in total. The molecule has 40 valence electrons. The molecule has 2 nitrogen and oxygen atoms in total. The number of hydrogen-bond donors (Lipinski definition) is 2. The lowest BCUT2D eigenvalue weighted by molar-refractivity contribution is 1.31. The first-order chi connectivity index (χ1) is 3.18. The summed E-state index contributed by atoms with van der Waals surface area (Å²) in [5.41, 5.74) is 5.63. The second-order valence-corrected chi connectivity index (χ2v) is 1.58. The van der Waals surface area contributed by atoms with Crippen LogP contribution in [-0.4, -0.2) is 6.21 Å². The van der Waals surface area contributed by atoms with Crippen molar-refractivity contribution >= 4 is 17.8 Å². The van der Waals surface area contributed by atoms with Gasteiger partial charge in [-0.2, -0.15) is 0 Å². The van der Waals surface area contributed by atoms with E-state index in [1.54, 1.807) is 6.92 Å². The minimum atomic E-state index is 0.306. The first kappa shape index (κ1) is 6.50. The smallest absolute Gasteiger partial charge is 0.0765 e. The zero-order valence-electron chi connectivity index (χ0n) is 4.03. The Bertz CT molecular complexity index is 102. The lowest BCUT2D eigenvalue weighted by Crippen LogP contribution is -1.93. The van der Waals surface area contributed by atoms with Crippen molar-refractivity contribution in [3.8, 4) is 0 Å². The maximum Gasteiger partial charge on any atom is 0.0765 e. The molecule has 0 bridgehead atoms. The van der Waals surface area contributed by atoms with E-state index in [9.17, 15) is 0 Å². The third-order valence-electron chi connectivity index (χ3n) is 0.503. The molecule has 0 spiro atoms. The Kier molecular flexibility index (Phi) is 2.45. The first-order valence-electron chi connectivity index (χ1n) is 1.81. The Hall–Kier alpha value is -0.500. The van der Waals surface area contributed by atoms with Crippen molar-refractivity contribution in [2.75, 3.05) is 0 Å². The van der Waals surface area contributed by atoms with Crippen LogP contribution in [0, 0.1) is 5.41 Å². The third kappa shape index (κ3) is 2.23. The highest BCUT2D eigenvalue weighted by Gasteiger charge is 1.84. The number of nitrogens with one attached hydrogen (secondary N) is 1. The highest BCUT2D eigenvalue weighted by Crippen LogP contribution is 1.98. The summed E-state index contributed by atoms with van der Waals surface area (Å²) in [4.78, 5) is 0. The molecular formula is C4H7ClN2. The average Bonchev–Trinajstić information content (AvgIpc) is 1.65. The van der Waals surface area contributed by atoms with Gasteiger partial charge >= 0.3 is 0 Å². The molecule has 0 atom stereocenters. The summed E-state index contributed by atoms with van der Waals surface area (Å²) in [6.45, 7) is 1.65. The summed E-state index contributed by atoms with van der Waals surface area (Å²) in [6.07, 6.45) is 1.01. The van der Waals surface area contributed by atoms with Crippen molar-refractivity contribution in [3.05, 3.63) is 10.7 Å². The molecule has 0 fully saturated rings. The van der Waals surface area contributed by atoms with E-state index in [1.807, 2.05) is 0 Å². The maximum absolute atomic E-state index is 6.54. The van der Waals surface area contributed by atoms with Gasteiger partial charge in [0.25, 0.3) is 0 Å². The van der Waals surface area contributed by atoms with Gasteiger partial charge in [0, 0.05) is 11.9 Å². The van der Waals surface area contributed by atoms with E-state index in [4.69, 9.17) is 22.7 Å². The fourth-order valence-corrected chi connectivity index (χ4v) is 0.114. The number of rotatable bonds is 1. The molecule has 0 aliphatic rings. The van der Waals surface area contributed by atoms with Crippen LogP contribution in [0.2, 0.25) is 0 Å². The Labute approximate surface area is 47.5 Å². The minimum Gasteiger partial charge on any atom is -0.401 e. The number of halogens is 1. The van der Waals surface area contributed by atoms with E-state index >= 15 is 0 Å². The standard InChI is InChI=1S/C4H7ClN2/c1-3(7)4(5)2-6/h2,6H,7H2,1H3/b4-3+,6-2?. The van der Waals surface area contributed by atoms with Crippen LogP contribution >= 0.6 is 11.6 Å². The average molecular weight is 119 g/mol. The SMILES string of the molecule is C/C(N)=C(\Cl)C=N. The van der Waals surface area contributed by atoms with E-state index in [-0.39, 0.29) is 0 Å². The van der Waals surface area contributed by atoms with Gasteiger partial charge in [-0.15, -0.1) is 0 Å². The molecule has 0 aromatic heterocycles. The molecule has 0 unspecified atom stereocenters. The fourth-order valence-electron chi connectivity index (χ4n) is 0.114. The van der Waals surface area contributed by atoms with Crippen molar-refractivity contribution in [1.29, 1.82) is 5.41 Å². The van der Waals surface area contributed by atoms with Crippen LogP contribution in [-0.2, 0) is 0 Å². The van der Waals surface area contributed by atoms with Gasteiger partial charge in [-0.3, -0.25) is 0 Å². The van der Waals surface area contributed by atoms with Crippen molar-refractivity contribution in [1.82, 2.24) is 0 Å². The van der Waals surface area contributed by atoms with Gasteiger partial charge in [0.2, 0.25) is 0 Å². The van der Waals surface area contributed by atoms with Crippen molar-refractivity contribution in [2.45, 2.75) is 6.92 Å². The van der Waals surface area contributed by atoms with E-state index in [2.05, 4.69) is 0 Å². The first-order valence-corrected chi connectivity index (χ1v) is 2.18. The van der Waals surface area contributed by atoms with Gasteiger partial charge < -0.3 is 11.1 Å². The normalized spacial score (nSPS) is 12.9. The van der Waals surface area contributed by atoms with E-state index in [1.165, 1.54) is 0 Å². The number of hydrogen-bond acceptors (Lipinski definition) is 2. The summed E-state index contributed by atoms with van der Waals surface area (Å²) in [5, 5.41) is 6.85. The quantitative estimate of drug-likeness (QED) is 0.497. The molecule has 0 rings (SSSR count). The largest absolute Gasteiger partial charge is 0.401 e.